The van der Waals surface area contributed by atoms with Crippen LogP contribution in [-0.4, -0.2) is 49.8 Å². The molecule has 2 atom stereocenters. The van der Waals surface area contributed by atoms with E-state index < -0.39 is 6.23 Å². The van der Waals surface area contributed by atoms with Gasteiger partial charge in [-0.25, -0.2) is 4.98 Å². The highest BCUT2D eigenvalue weighted by Crippen LogP contribution is 2.24. The molecule has 2 aliphatic rings. The summed E-state index contributed by atoms with van der Waals surface area (Å²) >= 11 is 1.49. The first-order valence-electron chi connectivity index (χ1n) is 11.6. The molecule has 1 fully saturated rings. The van der Waals surface area contributed by atoms with E-state index in [1.54, 1.807) is 10.8 Å². The summed E-state index contributed by atoms with van der Waals surface area (Å²) in [5, 5.41) is 13.0. The monoisotopic (exact) mass is 474 g/mol. The Balaban J connectivity index is 1.57. The first kappa shape index (κ1) is 21.3. The number of para-hydroxylation sites is 1. The molecule has 0 saturated carbocycles. The number of aliphatic hydroxyl groups is 1. The molecule has 4 aromatic rings. The van der Waals surface area contributed by atoms with E-state index in [9.17, 15) is 9.90 Å². The molecule has 2 unspecified atom stereocenters. The Hall–Kier alpha value is -3.20. The lowest BCUT2D eigenvalue weighted by Crippen LogP contribution is -2.51. The second-order valence-corrected chi connectivity index (χ2v) is 9.85. The largest absolute Gasteiger partial charge is 0.376 e. The van der Waals surface area contributed by atoms with Crippen molar-refractivity contribution in [1.82, 2.24) is 19.2 Å². The lowest BCUT2D eigenvalue weighted by Gasteiger charge is -2.32. The molecular weight excluding hydrogens is 448 g/mol. The Morgan fingerprint density at radius 1 is 1.15 bits per heavy atom. The molecular formula is C26H26N4O3S. The maximum atomic E-state index is 13.9. The van der Waals surface area contributed by atoms with Gasteiger partial charge in [-0.1, -0.05) is 53.8 Å². The highest BCUT2D eigenvalue weighted by atomic mass is 32.1. The van der Waals surface area contributed by atoms with E-state index in [2.05, 4.69) is 0 Å². The molecule has 1 saturated heterocycles. The third-order valence-electron chi connectivity index (χ3n) is 6.66. The van der Waals surface area contributed by atoms with Gasteiger partial charge in [-0.15, -0.1) is 0 Å². The van der Waals surface area contributed by atoms with Crippen molar-refractivity contribution in [3.63, 3.8) is 0 Å². The number of benzene rings is 2. The molecule has 0 amide bonds. The molecule has 34 heavy (non-hydrogen) atoms. The second kappa shape index (κ2) is 8.54. The Morgan fingerprint density at radius 3 is 2.71 bits per heavy atom. The van der Waals surface area contributed by atoms with E-state index in [4.69, 9.17) is 9.72 Å². The van der Waals surface area contributed by atoms with Crippen LogP contribution in [0.2, 0.25) is 0 Å². The summed E-state index contributed by atoms with van der Waals surface area (Å²) in [4.78, 5) is 20.6. The van der Waals surface area contributed by atoms with Gasteiger partial charge in [-0.3, -0.25) is 9.48 Å². The predicted octanol–water partition coefficient (Wildman–Crippen LogP) is 2.02. The van der Waals surface area contributed by atoms with E-state index in [1.165, 1.54) is 11.3 Å². The SMILES string of the molecule is CC1=c2c(n(Cc3ccccc3)n(-c3nc4ccccc4s3)c2=O)=CC(O)N1CC1CCCO1. The summed E-state index contributed by atoms with van der Waals surface area (Å²) in [6, 6.07) is 17.9. The molecule has 0 radical (unpaired) electrons. The summed E-state index contributed by atoms with van der Waals surface area (Å²) in [5.74, 6) is 0. The summed E-state index contributed by atoms with van der Waals surface area (Å²) < 4.78 is 10.4. The van der Waals surface area contributed by atoms with Crippen molar-refractivity contribution < 1.29 is 9.84 Å². The Bertz CT molecular complexity index is 1500. The van der Waals surface area contributed by atoms with Crippen LogP contribution in [0.4, 0.5) is 0 Å². The summed E-state index contributed by atoms with van der Waals surface area (Å²) in [6.45, 7) is 3.72. The van der Waals surface area contributed by atoms with Gasteiger partial charge in [0, 0.05) is 18.8 Å². The zero-order chi connectivity index (χ0) is 23.2. The number of nitrogens with zero attached hydrogens (tertiary/aromatic N) is 4. The zero-order valence-electron chi connectivity index (χ0n) is 18.9. The molecule has 0 spiro atoms. The van der Waals surface area contributed by atoms with Crippen LogP contribution in [0.5, 0.6) is 0 Å². The van der Waals surface area contributed by atoms with Gasteiger partial charge < -0.3 is 14.7 Å². The molecule has 174 valence electrons. The standard InChI is InChI=1S/C26H26N4O3S/c1-17-24-21(14-23(31)28(17)16-19-10-7-13-33-19)29(15-18-8-3-2-4-9-18)30(25(24)32)26-27-20-11-5-6-12-22(20)34-26/h2-6,8-9,11-12,14,19,23,31H,7,10,13,15-16H2,1H3. The normalized spacial score (nSPS) is 20.1. The van der Waals surface area contributed by atoms with Gasteiger partial charge in [0.05, 0.1) is 33.4 Å². The molecule has 8 heteroatoms. The fourth-order valence-corrected chi connectivity index (χ4v) is 5.92. The lowest BCUT2D eigenvalue weighted by molar-refractivity contribution is 0.0370. The van der Waals surface area contributed by atoms with Gasteiger partial charge in [0.25, 0.3) is 5.56 Å². The van der Waals surface area contributed by atoms with Crippen LogP contribution in [0.1, 0.15) is 25.3 Å². The van der Waals surface area contributed by atoms with E-state index in [-0.39, 0.29) is 11.7 Å². The number of fused-ring (bicyclic) bond motifs is 2. The van der Waals surface area contributed by atoms with Crippen LogP contribution in [0.25, 0.3) is 27.1 Å². The maximum Gasteiger partial charge on any atom is 0.283 e. The first-order valence-corrected chi connectivity index (χ1v) is 12.4. The van der Waals surface area contributed by atoms with Crippen LogP contribution in [0.3, 0.4) is 0 Å². The number of hydrogen-bond donors (Lipinski definition) is 1. The first-order chi connectivity index (χ1) is 16.6. The summed E-state index contributed by atoms with van der Waals surface area (Å²) in [6.07, 6.45) is 3.02. The molecule has 0 aliphatic carbocycles. The van der Waals surface area contributed by atoms with Crippen molar-refractivity contribution in [1.29, 1.82) is 0 Å². The molecule has 2 aromatic heterocycles. The minimum absolute atomic E-state index is 0.0671. The zero-order valence-corrected chi connectivity index (χ0v) is 19.7. The minimum atomic E-state index is -0.829. The number of ether oxygens (including phenoxy) is 1. The number of aromatic nitrogens is 3. The molecule has 2 aliphatic heterocycles. The Morgan fingerprint density at radius 2 is 1.94 bits per heavy atom. The van der Waals surface area contributed by atoms with Gasteiger partial charge >= 0.3 is 0 Å². The number of thiazole rings is 1. The highest BCUT2D eigenvalue weighted by molar-refractivity contribution is 7.20. The van der Waals surface area contributed by atoms with Gasteiger partial charge in [0.15, 0.2) is 0 Å². The lowest BCUT2D eigenvalue weighted by atomic mass is 10.1. The Labute approximate surface area is 200 Å². The van der Waals surface area contributed by atoms with Gasteiger partial charge in [0.1, 0.15) is 6.23 Å². The summed E-state index contributed by atoms with van der Waals surface area (Å²) in [7, 11) is 0. The highest BCUT2D eigenvalue weighted by Gasteiger charge is 2.28. The second-order valence-electron chi connectivity index (χ2n) is 8.84. The third-order valence-corrected chi connectivity index (χ3v) is 7.68. The van der Waals surface area contributed by atoms with Crippen molar-refractivity contribution in [2.75, 3.05) is 13.2 Å². The van der Waals surface area contributed by atoms with E-state index in [0.717, 1.165) is 46.3 Å². The molecule has 4 heterocycles. The van der Waals surface area contributed by atoms with Crippen LogP contribution >= 0.6 is 11.3 Å². The van der Waals surface area contributed by atoms with Gasteiger partial charge in [-0.2, -0.15) is 4.68 Å². The number of aliphatic hydroxyl groups excluding tert-OH is 1. The fourth-order valence-electron chi connectivity index (χ4n) is 4.95. The van der Waals surface area contributed by atoms with Crippen molar-refractivity contribution in [2.24, 2.45) is 0 Å². The smallest absolute Gasteiger partial charge is 0.283 e. The summed E-state index contributed by atoms with van der Waals surface area (Å²) in [5.41, 5.74) is 2.58. The number of rotatable bonds is 5. The average molecular weight is 475 g/mol. The predicted molar refractivity (Wildman–Crippen MR) is 133 cm³/mol. The third kappa shape index (κ3) is 3.58. The van der Waals surface area contributed by atoms with Crippen LogP contribution in [-0.2, 0) is 11.3 Å². The van der Waals surface area contributed by atoms with Crippen LogP contribution < -0.4 is 16.1 Å². The van der Waals surface area contributed by atoms with Gasteiger partial charge in [0.2, 0.25) is 5.13 Å². The van der Waals surface area contributed by atoms with Gasteiger partial charge in [-0.05, 0) is 43.5 Å². The van der Waals surface area contributed by atoms with E-state index >= 15 is 0 Å². The van der Waals surface area contributed by atoms with Crippen LogP contribution in [0.15, 0.2) is 59.4 Å². The van der Waals surface area contributed by atoms with Crippen molar-refractivity contribution in [3.8, 4) is 5.13 Å². The quantitative estimate of drug-likeness (QED) is 0.479. The molecule has 7 nitrogen and oxygen atoms in total. The molecule has 0 bridgehead atoms. The average Bonchev–Trinajstić information content (AvgIpc) is 3.56. The molecule has 6 rings (SSSR count). The number of hydrogen-bond acceptors (Lipinski definition) is 6. The Kier molecular flexibility index (Phi) is 5.36. The molecule has 2 aromatic carbocycles. The van der Waals surface area contributed by atoms with Crippen LogP contribution in [0, 0.1) is 0 Å². The van der Waals surface area contributed by atoms with Crippen molar-refractivity contribution in [2.45, 2.75) is 38.6 Å². The van der Waals surface area contributed by atoms with E-state index in [0.29, 0.717) is 23.4 Å². The van der Waals surface area contributed by atoms with Crippen molar-refractivity contribution in [3.05, 3.63) is 81.1 Å². The van der Waals surface area contributed by atoms with E-state index in [1.807, 2.05) is 71.1 Å². The fraction of sp³-hybridized carbons (Fsp3) is 0.308. The molecule has 1 N–H and O–H groups in total. The maximum absolute atomic E-state index is 13.9. The minimum Gasteiger partial charge on any atom is -0.376 e. The van der Waals surface area contributed by atoms with Crippen molar-refractivity contribution >= 4 is 33.3 Å². The topological polar surface area (TPSA) is 72.5 Å².